The smallest absolute Gasteiger partial charge is 0.217 e. The molecule has 0 aromatic heterocycles. The number of nitrogens with one attached hydrogen (secondary N) is 1. The molecule has 0 bridgehead atoms. The molecule has 0 aliphatic heterocycles. The van der Waals surface area contributed by atoms with E-state index in [4.69, 9.17) is 0 Å². The average Bonchev–Trinajstić information content (AvgIpc) is 2.14. The third-order valence-electron chi connectivity index (χ3n) is 1.43. The molecule has 0 aliphatic carbocycles. The molecule has 0 atom stereocenters. The van der Waals surface area contributed by atoms with Crippen molar-refractivity contribution >= 4 is 5.91 Å². The van der Waals surface area contributed by atoms with Crippen LogP contribution in [0, 0.1) is 11.8 Å². The minimum Gasteiger partial charge on any atom is -0.345 e. The van der Waals surface area contributed by atoms with E-state index in [1.54, 1.807) is 0 Å². The molecule has 0 heterocycles. The second kappa shape index (κ2) is 5.00. The summed E-state index contributed by atoms with van der Waals surface area (Å²) in [7, 11) is 0. The van der Waals surface area contributed by atoms with Crippen LogP contribution >= 0.6 is 0 Å². The number of rotatable bonds is 1. The van der Waals surface area contributed by atoms with Crippen molar-refractivity contribution < 1.29 is 4.79 Å². The maximum atomic E-state index is 10.5. The van der Waals surface area contributed by atoms with Gasteiger partial charge in [0.05, 0.1) is 6.54 Å². The summed E-state index contributed by atoms with van der Waals surface area (Å²) in [6, 6.07) is 9.67. The number of benzene rings is 1. The highest BCUT2D eigenvalue weighted by molar-refractivity contribution is 5.73. The lowest BCUT2D eigenvalue weighted by Crippen LogP contribution is -2.19. The maximum Gasteiger partial charge on any atom is 0.217 e. The largest absolute Gasteiger partial charge is 0.345 e. The van der Waals surface area contributed by atoms with Gasteiger partial charge in [-0.15, -0.1) is 0 Å². The van der Waals surface area contributed by atoms with Crippen LogP contribution in [0.2, 0.25) is 0 Å². The van der Waals surface area contributed by atoms with E-state index in [0.717, 1.165) is 5.56 Å². The summed E-state index contributed by atoms with van der Waals surface area (Å²) in [5, 5.41) is 2.60. The van der Waals surface area contributed by atoms with Crippen molar-refractivity contribution in [2.24, 2.45) is 0 Å². The second-order valence-electron chi connectivity index (χ2n) is 2.58. The molecule has 0 saturated heterocycles. The third-order valence-corrected chi connectivity index (χ3v) is 1.43. The molecule has 1 aromatic carbocycles. The zero-order valence-corrected chi connectivity index (χ0v) is 7.50. The Morgan fingerprint density at radius 3 is 2.69 bits per heavy atom. The number of hydrogen-bond acceptors (Lipinski definition) is 1. The van der Waals surface area contributed by atoms with E-state index in [0.29, 0.717) is 6.54 Å². The summed E-state index contributed by atoms with van der Waals surface area (Å²) >= 11 is 0. The van der Waals surface area contributed by atoms with Gasteiger partial charge in [-0.1, -0.05) is 30.0 Å². The first-order valence-electron chi connectivity index (χ1n) is 4.07. The molecule has 0 fully saturated rings. The van der Waals surface area contributed by atoms with Crippen LogP contribution in [0.5, 0.6) is 0 Å². The molecule has 0 unspecified atom stereocenters. The van der Waals surface area contributed by atoms with Gasteiger partial charge in [-0.2, -0.15) is 0 Å². The van der Waals surface area contributed by atoms with Crippen molar-refractivity contribution in [3.05, 3.63) is 35.9 Å². The quantitative estimate of drug-likeness (QED) is 0.635. The van der Waals surface area contributed by atoms with E-state index in [2.05, 4.69) is 17.2 Å². The Morgan fingerprint density at radius 2 is 2.08 bits per heavy atom. The molecule has 2 heteroatoms. The van der Waals surface area contributed by atoms with Gasteiger partial charge in [0.25, 0.3) is 0 Å². The highest BCUT2D eigenvalue weighted by Crippen LogP contribution is 1.93. The molecule has 13 heavy (non-hydrogen) atoms. The molecular weight excluding hydrogens is 162 g/mol. The molecule has 0 saturated carbocycles. The first kappa shape index (κ1) is 9.34. The molecule has 1 rings (SSSR count). The van der Waals surface area contributed by atoms with Gasteiger partial charge in [-0.05, 0) is 12.1 Å². The van der Waals surface area contributed by atoms with Crippen LogP contribution in [-0.2, 0) is 4.79 Å². The Morgan fingerprint density at radius 1 is 1.38 bits per heavy atom. The van der Waals surface area contributed by atoms with Gasteiger partial charge < -0.3 is 5.32 Å². The lowest BCUT2D eigenvalue weighted by molar-refractivity contribution is -0.118. The van der Waals surface area contributed by atoms with Gasteiger partial charge in [0, 0.05) is 12.5 Å². The average molecular weight is 173 g/mol. The minimum absolute atomic E-state index is 0.0534. The van der Waals surface area contributed by atoms with Gasteiger partial charge in [0.15, 0.2) is 0 Å². The number of carbonyl (C=O) groups is 1. The first-order valence-corrected chi connectivity index (χ1v) is 4.07. The van der Waals surface area contributed by atoms with Crippen LogP contribution in [0.4, 0.5) is 0 Å². The Hall–Kier alpha value is -1.75. The molecule has 1 N–H and O–H groups in total. The van der Waals surface area contributed by atoms with E-state index < -0.39 is 0 Å². The fourth-order valence-electron chi connectivity index (χ4n) is 0.836. The highest BCUT2D eigenvalue weighted by atomic mass is 16.1. The molecule has 66 valence electrons. The van der Waals surface area contributed by atoms with Gasteiger partial charge in [0.1, 0.15) is 0 Å². The molecule has 2 nitrogen and oxygen atoms in total. The van der Waals surface area contributed by atoms with Gasteiger partial charge >= 0.3 is 0 Å². The fraction of sp³-hybridized carbons (Fsp3) is 0.182. The van der Waals surface area contributed by atoms with Crippen LogP contribution in [0.15, 0.2) is 30.3 Å². The Labute approximate surface area is 78.0 Å². The van der Waals surface area contributed by atoms with Crippen LogP contribution in [-0.4, -0.2) is 12.5 Å². The van der Waals surface area contributed by atoms with Crippen molar-refractivity contribution in [3.8, 4) is 11.8 Å². The lowest BCUT2D eigenvalue weighted by Gasteiger charge is -1.91. The summed E-state index contributed by atoms with van der Waals surface area (Å²) in [6.45, 7) is 1.88. The summed E-state index contributed by atoms with van der Waals surface area (Å²) in [4.78, 5) is 10.5. The molecule has 0 radical (unpaired) electrons. The Bertz CT molecular complexity index is 332. The predicted octanol–water partition coefficient (Wildman–Crippen LogP) is 1.17. The fourth-order valence-corrected chi connectivity index (χ4v) is 0.836. The summed E-state index contributed by atoms with van der Waals surface area (Å²) < 4.78 is 0. The SMILES string of the molecule is CC(=O)NCC#Cc1ccccc1. The topological polar surface area (TPSA) is 29.1 Å². The van der Waals surface area contributed by atoms with Gasteiger partial charge in [0.2, 0.25) is 5.91 Å². The lowest BCUT2D eigenvalue weighted by atomic mass is 10.2. The van der Waals surface area contributed by atoms with Crippen LogP contribution in [0.3, 0.4) is 0 Å². The van der Waals surface area contributed by atoms with Crippen LogP contribution in [0.25, 0.3) is 0 Å². The van der Waals surface area contributed by atoms with Crippen molar-refractivity contribution in [3.63, 3.8) is 0 Å². The van der Waals surface area contributed by atoms with Crippen LogP contribution < -0.4 is 5.32 Å². The Kier molecular flexibility index (Phi) is 3.59. The number of carbonyl (C=O) groups excluding carboxylic acids is 1. The highest BCUT2D eigenvalue weighted by Gasteiger charge is 1.84. The first-order chi connectivity index (χ1) is 6.29. The van der Waals surface area contributed by atoms with E-state index in [1.165, 1.54) is 6.92 Å². The monoisotopic (exact) mass is 173 g/mol. The Balaban J connectivity index is 2.44. The van der Waals surface area contributed by atoms with Gasteiger partial charge in [-0.25, -0.2) is 0 Å². The number of amides is 1. The normalized spacial score (nSPS) is 8.38. The summed E-state index contributed by atoms with van der Waals surface area (Å²) in [5.74, 6) is 5.73. The standard InChI is InChI=1S/C11H11NO/c1-10(13)12-9-5-8-11-6-3-2-4-7-11/h2-4,6-7H,9H2,1H3,(H,12,13). The van der Waals surface area contributed by atoms with Gasteiger partial charge in [-0.3, -0.25) is 4.79 Å². The zero-order chi connectivity index (χ0) is 9.52. The molecule has 0 spiro atoms. The maximum absolute atomic E-state index is 10.5. The zero-order valence-electron chi connectivity index (χ0n) is 7.50. The van der Waals surface area contributed by atoms with Crippen molar-refractivity contribution in [2.45, 2.75) is 6.92 Å². The van der Waals surface area contributed by atoms with Crippen molar-refractivity contribution in [1.82, 2.24) is 5.32 Å². The summed E-state index contributed by atoms with van der Waals surface area (Å²) in [6.07, 6.45) is 0. The minimum atomic E-state index is -0.0534. The number of hydrogen-bond donors (Lipinski definition) is 1. The van der Waals surface area contributed by atoms with E-state index in [1.807, 2.05) is 30.3 Å². The van der Waals surface area contributed by atoms with E-state index >= 15 is 0 Å². The van der Waals surface area contributed by atoms with E-state index in [9.17, 15) is 4.79 Å². The molecule has 1 aromatic rings. The molecule has 1 amide bonds. The van der Waals surface area contributed by atoms with Crippen LogP contribution in [0.1, 0.15) is 12.5 Å². The van der Waals surface area contributed by atoms with Crippen molar-refractivity contribution in [2.75, 3.05) is 6.54 Å². The predicted molar refractivity (Wildman–Crippen MR) is 52.0 cm³/mol. The molecular formula is C11H11NO. The molecule has 0 aliphatic rings. The van der Waals surface area contributed by atoms with E-state index in [-0.39, 0.29) is 5.91 Å². The summed E-state index contributed by atoms with van der Waals surface area (Å²) in [5.41, 5.74) is 0.966. The third kappa shape index (κ3) is 3.97. The van der Waals surface area contributed by atoms with Crippen molar-refractivity contribution in [1.29, 1.82) is 0 Å². The second-order valence-corrected chi connectivity index (χ2v) is 2.58.